The number of aliphatic hydroxyl groups excluding tert-OH is 2. The summed E-state index contributed by atoms with van der Waals surface area (Å²) in [7, 11) is 0. The number of fused-ring (bicyclic) bond motifs is 1. The number of anilines is 1. The molecule has 3 aromatic rings. The molecule has 1 saturated heterocycles. The van der Waals surface area contributed by atoms with Crippen molar-refractivity contribution in [2.24, 2.45) is 0 Å². The van der Waals surface area contributed by atoms with E-state index in [1.54, 1.807) is 0 Å². The number of carbonyl (C=O) groups is 1. The zero-order valence-corrected chi connectivity index (χ0v) is 19.7. The number of hydrogen-bond donors (Lipinski definition) is 3. The average Bonchev–Trinajstić information content (AvgIpc) is 3.15. The third-order valence-electron chi connectivity index (χ3n) is 6.02. The standard InChI is InChI=1S/C23H17F9N4O4/c24-9-3-12(25)18(13(26)4-9)36-6-11(21(40)33-16(23(30,31)32)5-22(27,28)29)19(39)10-1-2-17(34-20(10)36)35-7-14(37)15(38)8-35/h1-4,6,14-16,37-38H,5,7-8H2,(H,33,40)/t14-,15-,16?/m1/s1. The second-order valence-electron chi connectivity index (χ2n) is 8.93. The van der Waals surface area contributed by atoms with Crippen LogP contribution in [-0.2, 0) is 0 Å². The maximum atomic E-state index is 14.8. The zero-order chi connectivity index (χ0) is 29.7. The van der Waals surface area contributed by atoms with Crippen LogP contribution in [0.3, 0.4) is 0 Å². The molecule has 4 rings (SSSR count). The molecule has 0 radical (unpaired) electrons. The van der Waals surface area contributed by atoms with Crippen molar-refractivity contribution < 1.29 is 54.5 Å². The lowest BCUT2D eigenvalue weighted by Gasteiger charge is -2.23. The normalized spacial score (nSPS) is 18.8. The van der Waals surface area contributed by atoms with Crippen molar-refractivity contribution in [3.63, 3.8) is 0 Å². The number of pyridine rings is 2. The van der Waals surface area contributed by atoms with Gasteiger partial charge in [-0.2, -0.15) is 26.3 Å². The van der Waals surface area contributed by atoms with Crippen LogP contribution in [0.15, 0.2) is 35.3 Å². The second kappa shape index (κ2) is 10.3. The molecule has 8 nitrogen and oxygen atoms in total. The molecule has 3 N–H and O–H groups in total. The second-order valence-corrected chi connectivity index (χ2v) is 8.93. The Balaban J connectivity index is 1.91. The summed E-state index contributed by atoms with van der Waals surface area (Å²) in [5, 5.41) is 20.1. The van der Waals surface area contributed by atoms with Crippen LogP contribution >= 0.6 is 0 Å². The monoisotopic (exact) mass is 584 g/mol. The van der Waals surface area contributed by atoms with E-state index in [9.17, 15) is 59.3 Å². The molecule has 0 saturated carbocycles. The lowest BCUT2D eigenvalue weighted by atomic mass is 10.1. The van der Waals surface area contributed by atoms with Crippen LogP contribution in [0.25, 0.3) is 16.7 Å². The Hall–Kier alpha value is -3.86. The van der Waals surface area contributed by atoms with Crippen molar-refractivity contribution in [1.82, 2.24) is 14.9 Å². The summed E-state index contributed by atoms with van der Waals surface area (Å²) in [6, 6.07) is -0.901. The first-order valence-corrected chi connectivity index (χ1v) is 11.2. The van der Waals surface area contributed by atoms with Crippen LogP contribution in [0.2, 0.25) is 0 Å². The van der Waals surface area contributed by atoms with E-state index >= 15 is 0 Å². The third kappa shape index (κ3) is 5.84. The molecule has 0 bridgehead atoms. The summed E-state index contributed by atoms with van der Waals surface area (Å²) in [5.41, 5.74) is -4.27. The van der Waals surface area contributed by atoms with Gasteiger partial charge in [0.05, 0.1) is 24.0 Å². The number of aliphatic hydroxyl groups is 2. The predicted octanol–water partition coefficient (Wildman–Crippen LogP) is 2.96. The molecule has 216 valence electrons. The van der Waals surface area contributed by atoms with Crippen molar-refractivity contribution in [2.45, 2.75) is 37.0 Å². The first-order valence-electron chi connectivity index (χ1n) is 11.2. The number of β-amino-alcohol motifs (C(OH)–C–C–N with tert-alkyl or cyclic N) is 2. The van der Waals surface area contributed by atoms with Gasteiger partial charge in [0.25, 0.3) is 5.91 Å². The minimum absolute atomic E-state index is 0.0429. The molecule has 1 aliphatic rings. The summed E-state index contributed by atoms with van der Waals surface area (Å²) in [6.07, 6.45) is -15.5. The van der Waals surface area contributed by atoms with Gasteiger partial charge >= 0.3 is 12.4 Å². The maximum absolute atomic E-state index is 14.8. The molecule has 3 atom stereocenters. The van der Waals surface area contributed by atoms with Gasteiger partial charge < -0.3 is 20.4 Å². The van der Waals surface area contributed by atoms with Gasteiger partial charge in [-0.3, -0.25) is 14.2 Å². The predicted molar refractivity (Wildman–Crippen MR) is 119 cm³/mol. The van der Waals surface area contributed by atoms with E-state index in [1.807, 2.05) is 0 Å². The largest absolute Gasteiger partial charge is 0.408 e. The Bertz CT molecular complexity index is 1490. The molecule has 2 aromatic heterocycles. The SMILES string of the molecule is O=C(NC(CC(F)(F)F)C(F)(F)F)c1cn(-c2c(F)cc(F)cc2F)c2nc(N3C[C@@H](O)[C@H](O)C3)ccc2c1=O. The number of nitrogens with zero attached hydrogens (tertiary/aromatic N) is 3. The van der Waals surface area contributed by atoms with Crippen molar-refractivity contribution >= 4 is 22.8 Å². The molecule has 1 aromatic carbocycles. The van der Waals surface area contributed by atoms with Crippen molar-refractivity contribution in [2.75, 3.05) is 18.0 Å². The lowest BCUT2D eigenvalue weighted by molar-refractivity contribution is -0.199. The summed E-state index contributed by atoms with van der Waals surface area (Å²) in [5.74, 6) is -6.52. The average molecular weight is 584 g/mol. The summed E-state index contributed by atoms with van der Waals surface area (Å²) in [4.78, 5) is 31.2. The number of halogens is 9. The minimum atomic E-state index is -5.59. The zero-order valence-electron chi connectivity index (χ0n) is 19.7. The van der Waals surface area contributed by atoms with E-state index in [4.69, 9.17) is 0 Å². The van der Waals surface area contributed by atoms with E-state index in [-0.39, 0.29) is 31.0 Å². The highest BCUT2D eigenvalue weighted by Crippen LogP contribution is 2.31. The highest BCUT2D eigenvalue weighted by Gasteiger charge is 2.47. The van der Waals surface area contributed by atoms with Gasteiger partial charge in [0, 0.05) is 31.4 Å². The third-order valence-corrected chi connectivity index (χ3v) is 6.02. The molecular weight excluding hydrogens is 567 g/mol. The number of aromatic nitrogens is 2. The van der Waals surface area contributed by atoms with Gasteiger partial charge in [-0.15, -0.1) is 0 Å². The van der Waals surface area contributed by atoms with Crippen LogP contribution in [0.1, 0.15) is 16.8 Å². The number of nitrogens with one attached hydrogen (secondary N) is 1. The van der Waals surface area contributed by atoms with Crippen LogP contribution in [0, 0.1) is 17.5 Å². The molecule has 1 amide bonds. The van der Waals surface area contributed by atoms with Crippen LogP contribution in [-0.4, -0.2) is 69.4 Å². The number of benzene rings is 1. The Morgan fingerprint density at radius 1 is 1.02 bits per heavy atom. The Labute approximate surface area is 217 Å². The van der Waals surface area contributed by atoms with E-state index in [1.165, 1.54) is 4.90 Å². The first kappa shape index (κ1) is 29.1. The van der Waals surface area contributed by atoms with Gasteiger partial charge in [0.2, 0.25) is 5.43 Å². The highest BCUT2D eigenvalue weighted by molar-refractivity contribution is 5.97. The lowest BCUT2D eigenvalue weighted by Crippen LogP contribution is -2.48. The fraction of sp³-hybridized carbons (Fsp3) is 0.348. The number of alkyl halides is 6. The van der Waals surface area contributed by atoms with Gasteiger partial charge in [0.1, 0.15) is 28.9 Å². The fourth-order valence-corrected chi connectivity index (χ4v) is 4.14. The van der Waals surface area contributed by atoms with E-state index in [2.05, 4.69) is 4.98 Å². The van der Waals surface area contributed by atoms with Crippen LogP contribution in [0.4, 0.5) is 45.3 Å². The maximum Gasteiger partial charge on any atom is 0.408 e. The first-order chi connectivity index (χ1) is 18.5. The van der Waals surface area contributed by atoms with Crippen molar-refractivity contribution in [3.05, 3.63) is 63.7 Å². The number of carbonyl (C=O) groups excluding carboxylic acids is 1. The Morgan fingerprint density at radius 3 is 2.12 bits per heavy atom. The Morgan fingerprint density at radius 2 is 1.60 bits per heavy atom. The van der Waals surface area contributed by atoms with Crippen molar-refractivity contribution in [1.29, 1.82) is 0 Å². The smallest absolute Gasteiger partial charge is 0.389 e. The van der Waals surface area contributed by atoms with Gasteiger partial charge in [-0.25, -0.2) is 18.2 Å². The highest BCUT2D eigenvalue weighted by atomic mass is 19.4. The van der Waals surface area contributed by atoms with Crippen LogP contribution < -0.4 is 15.6 Å². The fourth-order valence-electron chi connectivity index (χ4n) is 4.14. The summed E-state index contributed by atoms with van der Waals surface area (Å²) < 4.78 is 121. The summed E-state index contributed by atoms with van der Waals surface area (Å²) in [6.45, 7) is -0.302. The molecule has 17 heteroatoms. The van der Waals surface area contributed by atoms with Crippen LogP contribution in [0.5, 0.6) is 0 Å². The quantitative estimate of drug-likeness (QED) is 0.399. The minimum Gasteiger partial charge on any atom is -0.389 e. The number of hydrogen-bond acceptors (Lipinski definition) is 6. The number of rotatable bonds is 5. The van der Waals surface area contributed by atoms with Gasteiger partial charge in [-0.05, 0) is 12.1 Å². The summed E-state index contributed by atoms with van der Waals surface area (Å²) >= 11 is 0. The molecule has 40 heavy (non-hydrogen) atoms. The van der Waals surface area contributed by atoms with Gasteiger partial charge in [0.15, 0.2) is 17.3 Å². The molecule has 0 spiro atoms. The molecule has 1 fully saturated rings. The number of amides is 1. The van der Waals surface area contributed by atoms with E-state index < -0.39 is 88.1 Å². The molecule has 3 heterocycles. The Kier molecular flexibility index (Phi) is 7.48. The van der Waals surface area contributed by atoms with Crippen molar-refractivity contribution in [3.8, 4) is 5.69 Å². The molecule has 1 aliphatic heterocycles. The topological polar surface area (TPSA) is 108 Å². The van der Waals surface area contributed by atoms with E-state index in [0.717, 1.165) is 17.4 Å². The molecule has 0 aliphatic carbocycles. The van der Waals surface area contributed by atoms with E-state index in [0.29, 0.717) is 10.8 Å². The molecular formula is C23H17F9N4O4. The molecule has 1 unspecified atom stereocenters. The van der Waals surface area contributed by atoms with Gasteiger partial charge in [-0.1, -0.05) is 0 Å².